The minimum atomic E-state index is -0.217. The molecule has 1 aliphatic rings. The van der Waals surface area contributed by atoms with E-state index >= 15 is 0 Å². The summed E-state index contributed by atoms with van der Waals surface area (Å²) >= 11 is 0. The van der Waals surface area contributed by atoms with Crippen LogP contribution in [-0.2, 0) is 11.3 Å². The Kier molecular flexibility index (Phi) is 7.64. The second kappa shape index (κ2) is 10.6. The van der Waals surface area contributed by atoms with Crippen LogP contribution in [0.15, 0.2) is 54.6 Å². The van der Waals surface area contributed by atoms with Gasteiger partial charge in [0.15, 0.2) is 0 Å². The molecule has 1 fully saturated rings. The Hall–Kier alpha value is -2.86. The van der Waals surface area contributed by atoms with Crippen molar-refractivity contribution < 1.29 is 9.59 Å². The molecule has 0 radical (unpaired) electrons. The second-order valence-electron chi connectivity index (χ2n) is 7.58. The number of likely N-dealkylation sites (tertiary alicyclic amines) is 1. The number of carbonyl (C=O) groups excluding carboxylic acids is 2. The molecule has 0 aliphatic carbocycles. The molecule has 2 aromatic carbocycles. The molecule has 1 atom stereocenters. The number of carbonyl (C=O) groups is 2. The van der Waals surface area contributed by atoms with Crippen LogP contribution in [-0.4, -0.2) is 42.5 Å². The maximum atomic E-state index is 12.4. The predicted octanol–water partition coefficient (Wildman–Crippen LogP) is 3.29. The molecule has 154 valence electrons. The van der Waals surface area contributed by atoms with Gasteiger partial charge in [-0.25, -0.2) is 4.79 Å². The van der Waals surface area contributed by atoms with E-state index < -0.39 is 0 Å². The monoisotopic (exact) mass is 394 g/mol. The van der Waals surface area contributed by atoms with Crippen LogP contribution >= 0.6 is 0 Å². The second-order valence-corrected chi connectivity index (χ2v) is 7.58. The molecule has 3 amide bonds. The number of nitrogens with one attached hydrogen (secondary N) is 3. The Morgan fingerprint density at radius 1 is 1.00 bits per heavy atom. The summed E-state index contributed by atoms with van der Waals surface area (Å²) in [6.07, 6.45) is 3.18. The van der Waals surface area contributed by atoms with E-state index in [9.17, 15) is 9.59 Å². The summed E-state index contributed by atoms with van der Waals surface area (Å²) in [4.78, 5) is 26.7. The Balaban J connectivity index is 1.44. The average molecular weight is 395 g/mol. The van der Waals surface area contributed by atoms with Crippen LogP contribution in [0, 0.1) is 6.92 Å². The zero-order valence-corrected chi connectivity index (χ0v) is 17.0. The fourth-order valence-electron chi connectivity index (χ4n) is 3.55. The van der Waals surface area contributed by atoms with E-state index in [0.717, 1.165) is 37.1 Å². The van der Waals surface area contributed by atoms with Crippen molar-refractivity contribution in [1.29, 1.82) is 0 Å². The normalized spacial score (nSPS) is 16.8. The number of anilines is 1. The van der Waals surface area contributed by atoms with Gasteiger partial charge < -0.3 is 16.0 Å². The zero-order chi connectivity index (χ0) is 20.5. The van der Waals surface area contributed by atoms with Crippen LogP contribution in [0.25, 0.3) is 0 Å². The van der Waals surface area contributed by atoms with E-state index in [2.05, 4.69) is 20.9 Å². The highest BCUT2D eigenvalue weighted by atomic mass is 16.2. The number of urea groups is 1. The number of hydrogen-bond donors (Lipinski definition) is 3. The van der Waals surface area contributed by atoms with Gasteiger partial charge >= 0.3 is 6.03 Å². The van der Waals surface area contributed by atoms with Crippen LogP contribution in [0.4, 0.5) is 10.5 Å². The molecule has 1 saturated heterocycles. The van der Waals surface area contributed by atoms with Gasteiger partial charge in [0.2, 0.25) is 5.91 Å². The number of benzene rings is 2. The van der Waals surface area contributed by atoms with Gasteiger partial charge in [0.1, 0.15) is 0 Å². The highest BCUT2D eigenvalue weighted by Gasteiger charge is 2.24. The summed E-state index contributed by atoms with van der Waals surface area (Å²) in [5.41, 5.74) is 3.07. The van der Waals surface area contributed by atoms with Crippen molar-refractivity contribution in [2.45, 2.75) is 38.8 Å². The van der Waals surface area contributed by atoms with E-state index in [-0.39, 0.29) is 18.0 Å². The lowest BCUT2D eigenvalue weighted by Gasteiger charge is -2.35. The van der Waals surface area contributed by atoms with Crippen LogP contribution in [0.3, 0.4) is 0 Å². The first-order valence-electron chi connectivity index (χ1n) is 10.3. The third-order valence-corrected chi connectivity index (χ3v) is 5.24. The maximum absolute atomic E-state index is 12.4. The largest absolute Gasteiger partial charge is 0.351 e. The quantitative estimate of drug-likeness (QED) is 0.675. The van der Waals surface area contributed by atoms with Gasteiger partial charge in [0.25, 0.3) is 0 Å². The highest BCUT2D eigenvalue weighted by Crippen LogP contribution is 2.16. The number of para-hydroxylation sites is 1. The molecule has 6 heteroatoms. The minimum Gasteiger partial charge on any atom is -0.351 e. The number of aryl methyl sites for hydroxylation is 1. The topological polar surface area (TPSA) is 73.5 Å². The fraction of sp³-hybridized carbons (Fsp3) is 0.391. The number of amides is 3. The molecule has 0 unspecified atom stereocenters. The molecular weight excluding hydrogens is 364 g/mol. The van der Waals surface area contributed by atoms with Gasteiger partial charge in [0.05, 0.1) is 6.54 Å². The lowest BCUT2D eigenvalue weighted by Crippen LogP contribution is -2.50. The van der Waals surface area contributed by atoms with Gasteiger partial charge in [-0.2, -0.15) is 0 Å². The molecule has 0 saturated carbocycles. The highest BCUT2D eigenvalue weighted by molar-refractivity contribution is 5.89. The molecule has 29 heavy (non-hydrogen) atoms. The Labute approximate surface area is 172 Å². The van der Waals surface area contributed by atoms with E-state index in [1.807, 2.05) is 61.5 Å². The lowest BCUT2D eigenvalue weighted by atomic mass is 10.0. The van der Waals surface area contributed by atoms with Crippen molar-refractivity contribution in [3.05, 3.63) is 65.7 Å². The van der Waals surface area contributed by atoms with Gasteiger partial charge in [0, 0.05) is 24.8 Å². The van der Waals surface area contributed by atoms with Crippen molar-refractivity contribution in [2.75, 3.05) is 25.0 Å². The van der Waals surface area contributed by atoms with Crippen LogP contribution in [0.5, 0.6) is 0 Å². The van der Waals surface area contributed by atoms with Crippen molar-refractivity contribution >= 4 is 17.6 Å². The fourth-order valence-corrected chi connectivity index (χ4v) is 3.55. The third-order valence-electron chi connectivity index (χ3n) is 5.24. The Morgan fingerprint density at radius 3 is 2.52 bits per heavy atom. The number of nitrogens with zero attached hydrogens (tertiary/aromatic N) is 1. The van der Waals surface area contributed by atoms with Gasteiger partial charge in [-0.3, -0.25) is 9.69 Å². The minimum absolute atomic E-state index is 0.0196. The van der Waals surface area contributed by atoms with E-state index in [0.29, 0.717) is 19.6 Å². The van der Waals surface area contributed by atoms with Crippen molar-refractivity contribution in [3.63, 3.8) is 0 Å². The first kappa shape index (κ1) is 20.9. The van der Waals surface area contributed by atoms with E-state index in [1.165, 1.54) is 5.56 Å². The first-order chi connectivity index (χ1) is 14.1. The summed E-state index contributed by atoms with van der Waals surface area (Å²) in [6.45, 7) is 4.36. The third kappa shape index (κ3) is 6.91. The molecule has 0 aromatic heterocycles. The summed E-state index contributed by atoms with van der Waals surface area (Å²) in [5, 5.41) is 8.78. The van der Waals surface area contributed by atoms with Crippen LogP contribution in [0.2, 0.25) is 0 Å². The summed E-state index contributed by atoms with van der Waals surface area (Å²) in [7, 11) is 0. The number of hydrogen-bond acceptors (Lipinski definition) is 3. The average Bonchev–Trinajstić information content (AvgIpc) is 2.73. The molecule has 6 nitrogen and oxygen atoms in total. The molecule has 2 aromatic rings. The van der Waals surface area contributed by atoms with Crippen molar-refractivity contribution in [1.82, 2.24) is 15.5 Å². The van der Waals surface area contributed by atoms with Crippen molar-refractivity contribution in [3.8, 4) is 0 Å². The molecule has 1 heterocycles. The van der Waals surface area contributed by atoms with Crippen molar-refractivity contribution in [2.24, 2.45) is 0 Å². The first-order valence-corrected chi connectivity index (χ1v) is 10.3. The smallest absolute Gasteiger partial charge is 0.319 e. The number of rotatable bonds is 7. The standard InChI is InChI=1S/C23H30N4O2/c1-18-10-12-19(13-11-18)15-24-22(28)17-27-14-6-5-9-21(27)16-25-23(29)26-20-7-3-2-4-8-20/h2-4,7-8,10-13,21H,5-6,9,14-17H2,1H3,(H,24,28)(H2,25,26,29)/t21-/m0/s1. The van der Waals surface area contributed by atoms with Gasteiger partial charge in [-0.15, -0.1) is 0 Å². The molecule has 1 aliphatic heterocycles. The van der Waals surface area contributed by atoms with E-state index in [1.54, 1.807) is 0 Å². The summed E-state index contributed by atoms with van der Waals surface area (Å²) in [5.74, 6) is 0.0196. The molecule has 3 N–H and O–H groups in total. The van der Waals surface area contributed by atoms with Gasteiger partial charge in [-0.05, 0) is 44.0 Å². The van der Waals surface area contributed by atoms with E-state index in [4.69, 9.17) is 0 Å². The summed E-state index contributed by atoms with van der Waals surface area (Å²) < 4.78 is 0. The Morgan fingerprint density at radius 2 is 1.76 bits per heavy atom. The SMILES string of the molecule is Cc1ccc(CNC(=O)CN2CCCC[C@H]2CNC(=O)Nc2ccccc2)cc1. The molecule has 0 bridgehead atoms. The zero-order valence-electron chi connectivity index (χ0n) is 17.0. The lowest BCUT2D eigenvalue weighted by molar-refractivity contribution is -0.123. The van der Waals surface area contributed by atoms with Crippen LogP contribution < -0.4 is 16.0 Å². The van der Waals surface area contributed by atoms with Crippen LogP contribution in [0.1, 0.15) is 30.4 Å². The maximum Gasteiger partial charge on any atom is 0.319 e. The molecule has 0 spiro atoms. The Bertz CT molecular complexity index is 792. The molecular formula is C23H30N4O2. The number of piperidine rings is 1. The molecule has 3 rings (SSSR count). The van der Waals surface area contributed by atoms with Gasteiger partial charge in [-0.1, -0.05) is 54.4 Å². The summed E-state index contributed by atoms with van der Waals surface area (Å²) in [6, 6.07) is 17.5. The predicted molar refractivity (Wildman–Crippen MR) is 116 cm³/mol.